The molecule has 0 N–H and O–H groups in total. The summed E-state index contributed by atoms with van der Waals surface area (Å²) in [5.41, 5.74) is 2.37. The number of hydrogen-bond donors (Lipinski definition) is 0. The third kappa shape index (κ3) is 3.47. The summed E-state index contributed by atoms with van der Waals surface area (Å²) in [5, 5.41) is 0. The Morgan fingerprint density at radius 2 is 1.95 bits per heavy atom. The number of nitrogens with zero attached hydrogens (tertiary/aromatic N) is 2. The second-order valence-corrected chi connectivity index (χ2v) is 5.38. The third-order valence-corrected chi connectivity index (χ3v) is 3.48. The maximum atomic E-state index is 5.16. The van der Waals surface area contributed by atoms with Gasteiger partial charge in [0.05, 0.1) is 11.6 Å². The highest BCUT2D eigenvalue weighted by atomic mass is 79.9. The van der Waals surface area contributed by atoms with E-state index in [0.29, 0.717) is 0 Å². The third-order valence-electron chi connectivity index (χ3n) is 2.90. The zero-order valence-electron chi connectivity index (χ0n) is 11.4. The summed E-state index contributed by atoms with van der Waals surface area (Å²) >= 11 is 3.56. The topological polar surface area (TPSA) is 25.4 Å². The number of rotatable bonds is 4. The van der Waals surface area contributed by atoms with Crippen LogP contribution in [-0.2, 0) is 6.54 Å². The zero-order valence-corrected chi connectivity index (χ0v) is 12.9. The van der Waals surface area contributed by atoms with E-state index in [1.54, 1.807) is 7.11 Å². The van der Waals surface area contributed by atoms with E-state index in [0.717, 1.165) is 28.1 Å². The molecule has 0 spiro atoms. The largest absolute Gasteiger partial charge is 0.497 e. The van der Waals surface area contributed by atoms with Gasteiger partial charge in [-0.2, -0.15) is 0 Å². The lowest BCUT2D eigenvalue weighted by Gasteiger charge is -2.20. The van der Waals surface area contributed by atoms with Crippen molar-refractivity contribution in [2.75, 3.05) is 19.1 Å². The number of anilines is 1. The Kier molecular flexibility index (Phi) is 4.43. The van der Waals surface area contributed by atoms with Crippen molar-refractivity contribution < 1.29 is 4.74 Å². The molecule has 0 unspecified atom stereocenters. The number of ether oxygens (including phenoxy) is 1. The minimum absolute atomic E-state index is 0.804. The Balaban J connectivity index is 2.13. The Morgan fingerprint density at radius 1 is 1.26 bits per heavy atom. The van der Waals surface area contributed by atoms with Gasteiger partial charge in [-0.15, -0.1) is 0 Å². The molecule has 0 radical (unpaired) electrons. The van der Waals surface area contributed by atoms with Crippen LogP contribution in [0.25, 0.3) is 0 Å². The van der Waals surface area contributed by atoms with Gasteiger partial charge in [0.2, 0.25) is 0 Å². The molecule has 2 rings (SSSR count). The summed E-state index contributed by atoms with van der Waals surface area (Å²) in [5.74, 6) is 1.82. The minimum atomic E-state index is 0.804. The van der Waals surface area contributed by atoms with E-state index < -0.39 is 0 Å². The smallest absolute Gasteiger partial charge is 0.142 e. The molecule has 0 amide bonds. The van der Waals surface area contributed by atoms with Crippen LogP contribution in [0.1, 0.15) is 11.1 Å². The van der Waals surface area contributed by atoms with Crippen LogP contribution >= 0.6 is 15.9 Å². The van der Waals surface area contributed by atoms with E-state index in [1.807, 2.05) is 32.3 Å². The molecule has 0 fully saturated rings. The summed E-state index contributed by atoms with van der Waals surface area (Å²) in [6, 6.07) is 10.2. The van der Waals surface area contributed by atoms with Crippen molar-refractivity contribution in [1.29, 1.82) is 0 Å². The Hall–Kier alpha value is -1.55. The molecule has 0 bridgehead atoms. The molecule has 0 aliphatic heterocycles. The highest BCUT2D eigenvalue weighted by Gasteiger charge is 2.08. The van der Waals surface area contributed by atoms with Crippen molar-refractivity contribution in [1.82, 2.24) is 4.98 Å². The van der Waals surface area contributed by atoms with Crippen LogP contribution in [0.4, 0.5) is 5.82 Å². The highest BCUT2D eigenvalue weighted by Crippen LogP contribution is 2.25. The van der Waals surface area contributed by atoms with E-state index in [1.165, 1.54) is 5.56 Å². The number of benzene rings is 1. The maximum absolute atomic E-state index is 5.16. The first kappa shape index (κ1) is 13.9. The predicted molar refractivity (Wildman–Crippen MR) is 81.8 cm³/mol. The Morgan fingerprint density at radius 3 is 2.53 bits per heavy atom. The van der Waals surface area contributed by atoms with Crippen LogP contribution in [0, 0.1) is 6.92 Å². The molecule has 0 saturated heterocycles. The Bertz CT molecular complexity index is 555. The molecule has 0 saturated carbocycles. The first-order chi connectivity index (χ1) is 9.10. The van der Waals surface area contributed by atoms with Crippen LogP contribution < -0.4 is 9.64 Å². The van der Waals surface area contributed by atoms with E-state index in [4.69, 9.17) is 4.74 Å². The van der Waals surface area contributed by atoms with Crippen molar-refractivity contribution >= 4 is 21.7 Å². The molecule has 1 heterocycles. The van der Waals surface area contributed by atoms with Crippen LogP contribution in [-0.4, -0.2) is 19.1 Å². The van der Waals surface area contributed by atoms with Crippen molar-refractivity contribution in [3.63, 3.8) is 0 Å². The molecule has 3 nitrogen and oxygen atoms in total. The SMILES string of the molecule is COc1ccc(CN(C)c2ncc(C)cc2Br)cc1. The lowest BCUT2D eigenvalue weighted by Crippen LogP contribution is -2.18. The van der Waals surface area contributed by atoms with Crippen molar-refractivity contribution in [2.24, 2.45) is 0 Å². The van der Waals surface area contributed by atoms with Gasteiger partial charge in [0.15, 0.2) is 0 Å². The van der Waals surface area contributed by atoms with Gasteiger partial charge in [0, 0.05) is 19.8 Å². The quantitative estimate of drug-likeness (QED) is 0.856. The molecule has 100 valence electrons. The highest BCUT2D eigenvalue weighted by molar-refractivity contribution is 9.10. The molecule has 1 aromatic carbocycles. The average molecular weight is 321 g/mol. The molecular formula is C15H17BrN2O. The van der Waals surface area contributed by atoms with Gasteiger partial charge < -0.3 is 9.64 Å². The summed E-state index contributed by atoms with van der Waals surface area (Å²) in [4.78, 5) is 6.58. The summed E-state index contributed by atoms with van der Waals surface area (Å²) in [6.07, 6.45) is 1.88. The molecule has 1 aromatic heterocycles. The number of pyridine rings is 1. The van der Waals surface area contributed by atoms with Gasteiger partial charge in [-0.3, -0.25) is 0 Å². The first-order valence-electron chi connectivity index (χ1n) is 6.06. The van der Waals surface area contributed by atoms with Crippen LogP contribution in [0.2, 0.25) is 0 Å². The standard InChI is InChI=1S/C15H17BrN2O/c1-11-8-14(16)15(17-9-11)18(2)10-12-4-6-13(19-3)7-5-12/h4-9H,10H2,1-3H3. The van der Waals surface area contributed by atoms with Crippen LogP contribution in [0.15, 0.2) is 41.0 Å². The van der Waals surface area contributed by atoms with Crippen molar-refractivity contribution in [3.05, 3.63) is 52.1 Å². The van der Waals surface area contributed by atoms with E-state index in [2.05, 4.69) is 44.0 Å². The van der Waals surface area contributed by atoms with Gasteiger partial charge in [-0.1, -0.05) is 12.1 Å². The van der Waals surface area contributed by atoms with Crippen molar-refractivity contribution in [3.8, 4) is 5.75 Å². The molecule has 4 heteroatoms. The number of halogens is 1. The van der Waals surface area contributed by atoms with Gasteiger partial charge >= 0.3 is 0 Å². The number of hydrogen-bond acceptors (Lipinski definition) is 3. The van der Waals surface area contributed by atoms with Gasteiger partial charge in [-0.05, 0) is 52.2 Å². The molecule has 0 aliphatic rings. The van der Waals surface area contributed by atoms with Gasteiger partial charge in [0.25, 0.3) is 0 Å². The van der Waals surface area contributed by atoms with E-state index in [-0.39, 0.29) is 0 Å². The van der Waals surface area contributed by atoms with Crippen LogP contribution in [0.5, 0.6) is 5.75 Å². The molecule has 2 aromatic rings. The summed E-state index contributed by atoms with van der Waals surface area (Å²) in [7, 11) is 3.71. The predicted octanol–water partition coefficient (Wildman–Crippen LogP) is 3.80. The second kappa shape index (κ2) is 6.06. The van der Waals surface area contributed by atoms with Gasteiger partial charge in [-0.25, -0.2) is 4.98 Å². The second-order valence-electron chi connectivity index (χ2n) is 4.52. The molecular weight excluding hydrogens is 304 g/mol. The zero-order chi connectivity index (χ0) is 13.8. The fourth-order valence-corrected chi connectivity index (χ4v) is 2.65. The lowest BCUT2D eigenvalue weighted by molar-refractivity contribution is 0.414. The van der Waals surface area contributed by atoms with Gasteiger partial charge in [0.1, 0.15) is 11.6 Å². The summed E-state index contributed by atoms with van der Waals surface area (Å²) < 4.78 is 6.17. The summed E-state index contributed by atoms with van der Waals surface area (Å²) in [6.45, 7) is 2.84. The van der Waals surface area contributed by atoms with E-state index in [9.17, 15) is 0 Å². The number of methoxy groups -OCH3 is 1. The molecule has 0 atom stereocenters. The molecule has 19 heavy (non-hydrogen) atoms. The number of aromatic nitrogens is 1. The average Bonchev–Trinajstić information content (AvgIpc) is 2.39. The Labute approximate surface area is 122 Å². The van der Waals surface area contributed by atoms with Crippen molar-refractivity contribution in [2.45, 2.75) is 13.5 Å². The maximum Gasteiger partial charge on any atom is 0.142 e. The molecule has 0 aliphatic carbocycles. The van der Waals surface area contributed by atoms with E-state index >= 15 is 0 Å². The fourth-order valence-electron chi connectivity index (χ4n) is 1.89. The monoisotopic (exact) mass is 320 g/mol. The van der Waals surface area contributed by atoms with Crippen LogP contribution in [0.3, 0.4) is 0 Å². The normalized spacial score (nSPS) is 10.3. The lowest BCUT2D eigenvalue weighted by atomic mass is 10.2. The minimum Gasteiger partial charge on any atom is -0.497 e. The number of aryl methyl sites for hydroxylation is 1. The fraction of sp³-hybridized carbons (Fsp3) is 0.267. The first-order valence-corrected chi connectivity index (χ1v) is 6.85.